The van der Waals surface area contributed by atoms with Crippen LogP contribution in [0.5, 0.6) is 0 Å². The summed E-state index contributed by atoms with van der Waals surface area (Å²) in [6.45, 7) is 2.57. The molecule has 0 spiro atoms. The van der Waals surface area contributed by atoms with E-state index in [1.54, 1.807) is 11.4 Å². The average molecular weight is 224 g/mol. The van der Waals surface area contributed by atoms with Gasteiger partial charge in [-0.3, -0.25) is 15.4 Å². The first-order valence-electron chi connectivity index (χ1n) is 4.58. The molecule has 1 heterocycles. The number of hydrogen-bond donors (Lipinski definition) is 1. The number of nitro groups is 1. The van der Waals surface area contributed by atoms with Gasteiger partial charge in [-0.1, -0.05) is 24.2 Å². The first-order valence-corrected chi connectivity index (χ1v) is 5.46. The quantitative estimate of drug-likeness (QED) is 0.473. The van der Waals surface area contributed by atoms with Gasteiger partial charge in [-0.2, -0.15) is 0 Å². The zero-order valence-electron chi connectivity index (χ0n) is 8.40. The van der Waals surface area contributed by atoms with Crippen molar-refractivity contribution in [2.24, 2.45) is 0 Å². The molecular weight excluding hydrogens is 212 g/mol. The minimum absolute atomic E-state index is 0.0314. The third-order valence-electron chi connectivity index (χ3n) is 1.98. The van der Waals surface area contributed by atoms with Crippen molar-refractivity contribution >= 4 is 16.3 Å². The summed E-state index contributed by atoms with van der Waals surface area (Å²) in [4.78, 5) is 10.0. The predicted molar refractivity (Wildman–Crippen MR) is 60.7 cm³/mol. The standard InChI is InChI=1S/C10H12N2O2S/c1-3-9(4-2)11-6-8-5-10(12(13)14)15-7-8/h1,5,7,9,11H,4,6H2,2H3. The van der Waals surface area contributed by atoms with Crippen molar-refractivity contribution in [2.75, 3.05) is 0 Å². The molecule has 1 rings (SSSR count). The Kier molecular flexibility index (Phi) is 4.28. The lowest BCUT2D eigenvalue weighted by Gasteiger charge is -2.08. The first kappa shape index (κ1) is 11.7. The van der Waals surface area contributed by atoms with Crippen LogP contribution in [0.1, 0.15) is 18.9 Å². The minimum Gasteiger partial charge on any atom is -0.300 e. The molecule has 0 saturated carbocycles. The molecule has 0 aliphatic carbocycles. The molecule has 1 atom stereocenters. The summed E-state index contributed by atoms with van der Waals surface area (Å²) in [5.41, 5.74) is 0.903. The largest absolute Gasteiger partial charge is 0.324 e. The molecule has 0 saturated heterocycles. The maximum Gasteiger partial charge on any atom is 0.324 e. The van der Waals surface area contributed by atoms with Crippen LogP contribution in [0, 0.1) is 22.5 Å². The van der Waals surface area contributed by atoms with Gasteiger partial charge in [0.05, 0.1) is 11.0 Å². The topological polar surface area (TPSA) is 55.2 Å². The van der Waals surface area contributed by atoms with E-state index in [0.29, 0.717) is 6.54 Å². The molecule has 0 aromatic carbocycles. The lowest BCUT2D eigenvalue weighted by molar-refractivity contribution is -0.380. The van der Waals surface area contributed by atoms with Crippen LogP contribution in [0.4, 0.5) is 5.00 Å². The molecule has 1 aromatic heterocycles. The molecule has 1 N–H and O–H groups in total. The summed E-state index contributed by atoms with van der Waals surface area (Å²) in [7, 11) is 0. The molecule has 5 heteroatoms. The maximum absolute atomic E-state index is 10.4. The van der Waals surface area contributed by atoms with Gasteiger partial charge in [0.15, 0.2) is 0 Å². The molecule has 0 radical (unpaired) electrons. The molecule has 1 aromatic rings. The monoisotopic (exact) mass is 224 g/mol. The Labute approximate surface area is 92.5 Å². The Hall–Kier alpha value is -1.38. The van der Waals surface area contributed by atoms with Gasteiger partial charge >= 0.3 is 5.00 Å². The van der Waals surface area contributed by atoms with Crippen LogP contribution in [0.25, 0.3) is 0 Å². The Balaban J connectivity index is 2.51. The maximum atomic E-state index is 10.4. The normalized spacial score (nSPS) is 12.0. The van der Waals surface area contributed by atoms with E-state index >= 15 is 0 Å². The van der Waals surface area contributed by atoms with Crippen LogP contribution in [-0.4, -0.2) is 11.0 Å². The smallest absolute Gasteiger partial charge is 0.300 e. The number of rotatable bonds is 5. The second kappa shape index (κ2) is 5.49. The third-order valence-corrected chi connectivity index (χ3v) is 2.91. The SMILES string of the molecule is C#CC(CC)NCc1csc([N+](=O)[O-])c1. The van der Waals surface area contributed by atoms with E-state index in [1.165, 1.54) is 0 Å². The summed E-state index contributed by atoms with van der Waals surface area (Å²) >= 11 is 1.13. The molecule has 80 valence electrons. The molecule has 1 unspecified atom stereocenters. The highest BCUT2D eigenvalue weighted by Gasteiger charge is 2.09. The minimum atomic E-state index is -0.382. The third kappa shape index (κ3) is 3.35. The molecule has 0 fully saturated rings. The summed E-state index contributed by atoms with van der Waals surface area (Å²) in [6, 6.07) is 1.60. The molecular formula is C10H12N2O2S. The van der Waals surface area contributed by atoms with Gasteiger partial charge < -0.3 is 0 Å². The second-order valence-electron chi connectivity index (χ2n) is 3.06. The van der Waals surface area contributed by atoms with Crippen molar-refractivity contribution in [3.05, 3.63) is 27.1 Å². The van der Waals surface area contributed by atoms with Crippen molar-refractivity contribution in [3.8, 4) is 12.3 Å². The van der Waals surface area contributed by atoms with Crippen molar-refractivity contribution < 1.29 is 4.92 Å². The van der Waals surface area contributed by atoms with E-state index in [2.05, 4.69) is 11.2 Å². The fraction of sp³-hybridized carbons (Fsp3) is 0.400. The number of nitrogens with zero attached hydrogens (tertiary/aromatic N) is 1. The molecule has 0 aliphatic rings. The molecule has 15 heavy (non-hydrogen) atoms. The summed E-state index contributed by atoms with van der Waals surface area (Å²) in [6.07, 6.45) is 6.13. The Morgan fingerprint density at radius 3 is 3.00 bits per heavy atom. The Bertz CT molecular complexity index is 381. The fourth-order valence-electron chi connectivity index (χ4n) is 1.11. The van der Waals surface area contributed by atoms with E-state index in [-0.39, 0.29) is 16.0 Å². The number of hydrogen-bond acceptors (Lipinski definition) is 4. The Morgan fingerprint density at radius 1 is 1.80 bits per heavy atom. The highest BCUT2D eigenvalue weighted by atomic mass is 32.1. The van der Waals surface area contributed by atoms with Crippen molar-refractivity contribution in [2.45, 2.75) is 25.9 Å². The second-order valence-corrected chi connectivity index (χ2v) is 3.95. The van der Waals surface area contributed by atoms with Gasteiger partial charge in [0.25, 0.3) is 0 Å². The van der Waals surface area contributed by atoms with E-state index in [1.807, 2.05) is 6.92 Å². The molecule has 0 bridgehead atoms. The number of terminal acetylenes is 1. The van der Waals surface area contributed by atoms with Crippen molar-refractivity contribution in [3.63, 3.8) is 0 Å². The summed E-state index contributed by atoms with van der Waals surface area (Å²) < 4.78 is 0. The lowest BCUT2D eigenvalue weighted by atomic mass is 10.2. The fourth-order valence-corrected chi connectivity index (χ4v) is 1.84. The highest BCUT2D eigenvalue weighted by molar-refractivity contribution is 7.13. The van der Waals surface area contributed by atoms with E-state index in [4.69, 9.17) is 6.42 Å². The van der Waals surface area contributed by atoms with Crippen LogP contribution in [0.2, 0.25) is 0 Å². The van der Waals surface area contributed by atoms with Gasteiger partial charge in [0, 0.05) is 18.0 Å². The first-order chi connectivity index (χ1) is 7.17. The number of nitrogens with one attached hydrogen (secondary N) is 1. The molecule has 4 nitrogen and oxygen atoms in total. The average Bonchev–Trinajstić information content (AvgIpc) is 2.68. The van der Waals surface area contributed by atoms with Gasteiger partial charge in [-0.05, 0) is 12.0 Å². The molecule has 0 aliphatic heterocycles. The van der Waals surface area contributed by atoms with Gasteiger partial charge in [-0.25, -0.2) is 0 Å². The van der Waals surface area contributed by atoms with Crippen LogP contribution in [-0.2, 0) is 6.54 Å². The van der Waals surface area contributed by atoms with Gasteiger partial charge in [0.1, 0.15) is 0 Å². The lowest BCUT2D eigenvalue weighted by Crippen LogP contribution is -2.25. The van der Waals surface area contributed by atoms with Crippen LogP contribution < -0.4 is 5.32 Å². The highest BCUT2D eigenvalue weighted by Crippen LogP contribution is 2.22. The van der Waals surface area contributed by atoms with Gasteiger partial charge in [0.2, 0.25) is 0 Å². The molecule has 0 amide bonds. The van der Waals surface area contributed by atoms with E-state index < -0.39 is 0 Å². The summed E-state index contributed by atoms with van der Waals surface area (Å²) in [5.74, 6) is 2.61. The van der Waals surface area contributed by atoms with Crippen LogP contribution in [0.15, 0.2) is 11.4 Å². The summed E-state index contributed by atoms with van der Waals surface area (Å²) in [5, 5.41) is 15.5. The van der Waals surface area contributed by atoms with Crippen LogP contribution in [0.3, 0.4) is 0 Å². The van der Waals surface area contributed by atoms with Crippen molar-refractivity contribution in [1.29, 1.82) is 0 Å². The van der Waals surface area contributed by atoms with E-state index in [9.17, 15) is 10.1 Å². The number of thiophene rings is 1. The predicted octanol–water partition coefficient (Wildman–Crippen LogP) is 2.16. The zero-order chi connectivity index (χ0) is 11.3. The van der Waals surface area contributed by atoms with E-state index in [0.717, 1.165) is 23.3 Å². The van der Waals surface area contributed by atoms with Gasteiger partial charge in [-0.15, -0.1) is 6.42 Å². The van der Waals surface area contributed by atoms with Crippen molar-refractivity contribution in [1.82, 2.24) is 5.32 Å². The zero-order valence-corrected chi connectivity index (χ0v) is 9.21. The Morgan fingerprint density at radius 2 is 2.53 bits per heavy atom. The van der Waals surface area contributed by atoms with Crippen LogP contribution >= 0.6 is 11.3 Å².